The highest BCUT2D eigenvalue weighted by atomic mass is 16.5. The largest absolute Gasteiger partial charge is 0.491 e. The molecule has 12 heavy (non-hydrogen) atoms. The molecule has 0 spiro atoms. The summed E-state index contributed by atoms with van der Waals surface area (Å²) in [5.74, 6) is -0.983. The van der Waals surface area contributed by atoms with Crippen LogP contribution in [0.3, 0.4) is 0 Å². The molecule has 0 aromatic carbocycles. The second-order valence-electron chi connectivity index (χ2n) is 2.63. The van der Waals surface area contributed by atoms with Gasteiger partial charge in [0.25, 0.3) is 0 Å². The van der Waals surface area contributed by atoms with Crippen LogP contribution in [0.15, 0.2) is 24.2 Å². The number of rotatable bonds is 2. The molecule has 4 nitrogen and oxygen atoms in total. The highest BCUT2D eigenvalue weighted by molar-refractivity contribution is 6.55. The second kappa shape index (κ2) is 3.12. The Balaban J connectivity index is 2.65. The molecule has 1 unspecified atom stereocenters. The number of carboxylic acids is 1. The van der Waals surface area contributed by atoms with Crippen LogP contribution in [0.5, 0.6) is 0 Å². The SMILES string of the molecule is C=C1B(O)OC(CC(=O)O)C1=C. The van der Waals surface area contributed by atoms with Gasteiger partial charge in [0.2, 0.25) is 0 Å². The Morgan fingerprint density at radius 3 is 2.58 bits per heavy atom. The van der Waals surface area contributed by atoms with E-state index in [9.17, 15) is 4.79 Å². The van der Waals surface area contributed by atoms with Gasteiger partial charge in [0.05, 0.1) is 12.5 Å². The number of carbonyl (C=O) groups is 1. The number of hydrogen-bond acceptors (Lipinski definition) is 3. The lowest BCUT2D eigenvalue weighted by atomic mass is 9.79. The molecule has 0 aliphatic carbocycles. The summed E-state index contributed by atoms with van der Waals surface area (Å²) in [6.45, 7) is 7.08. The zero-order valence-electron chi connectivity index (χ0n) is 6.49. The molecule has 1 rings (SSSR count). The van der Waals surface area contributed by atoms with Gasteiger partial charge in [-0.2, -0.15) is 0 Å². The number of hydrogen-bond donors (Lipinski definition) is 2. The molecule has 1 atom stereocenters. The standard InChI is InChI=1S/C7H9BO4/c1-4-5(2)8(11)12-6(4)3-7(9)10/h6,11H,1-3H2,(H,9,10). The first-order valence-corrected chi connectivity index (χ1v) is 3.45. The summed E-state index contributed by atoms with van der Waals surface area (Å²) >= 11 is 0. The molecule has 64 valence electrons. The Labute approximate surface area is 70.3 Å². The van der Waals surface area contributed by atoms with Crippen molar-refractivity contribution in [3.05, 3.63) is 24.2 Å². The molecule has 0 saturated carbocycles. The first kappa shape index (κ1) is 9.03. The van der Waals surface area contributed by atoms with Gasteiger partial charge in [0.1, 0.15) is 0 Å². The zero-order chi connectivity index (χ0) is 9.30. The maximum atomic E-state index is 10.3. The molecule has 0 aromatic rings. The zero-order valence-corrected chi connectivity index (χ0v) is 6.49. The van der Waals surface area contributed by atoms with E-state index in [1.165, 1.54) is 0 Å². The summed E-state index contributed by atoms with van der Waals surface area (Å²) < 4.78 is 4.87. The van der Waals surface area contributed by atoms with Crippen LogP contribution >= 0.6 is 0 Å². The van der Waals surface area contributed by atoms with E-state index in [0.29, 0.717) is 11.0 Å². The van der Waals surface area contributed by atoms with E-state index >= 15 is 0 Å². The Morgan fingerprint density at radius 2 is 2.25 bits per heavy atom. The van der Waals surface area contributed by atoms with Crippen molar-refractivity contribution in [2.45, 2.75) is 12.5 Å². The minimum absolute atomic E-state index is 0.186. The van der Waals surface area contributed by atoms with Gasteiger partial charge in [-0.3, -0.25) is 4.79 Å². The van der Waals surface area contributed by atoms with Crippen molar-refractivity contribution >= 4 is 13.1 Å². The Hall–Kier alpha value is -1.07. The van der Waals surface area contributed by atoms with Gasteiger partial charge in [0, 0.05) is 0 Å². The number of aliphatic carboxylic acids is 1. The Morgan fingerprint density at radius 1 is 1.67 bits per heavy atom. The average Bonchev–Trinajstić information content (AvgIpc) is 2.17. The summed E-state index contributed by atoms with van der Waals surface area (Å²) in [4.78, 5) is 10.3. The van der Waals surface area contributed by atoms with Crippen molar-refractivity contribution in [2.75, 3.05) is 0 Å². The van der Waals surface area contributed by atoms with E-state index in [2.05, 4.69) is 13.2 Å². The molecule has 0 radical (unpaired) electrons. The molecular weight excluding hydrogens is 159 g/mol. The van der Waals surface area contributed by atoms with Crippen LogP contribution in [-0.2, 0) is 9.45 Å². The number of carboxylic acid groups (broad SMARTS) is 1. The van der Waals surface area contributed by atoms with Gasteiger partial charge in [-0.25, -0.2) is 0 Å². The van der Waals surface area contributed by atoms with Crippen LogP contribution < -0.4 is 0 Å². The predicted octanol–water partition coefficient (Wildman–Crippen LogP) is -0.00800. The molecule has 5 heteroatoms. The lowest BCUT2D eigenvalue weighted by molar-refractivity contribution is -0.138. The highest BCUT2D eigenvalue weighted by Crippen LogP contribution is 2.26. The van der Waals surface area contributed by atoms with Crippen molar-refractivity contribution < 1.29 is 19.6 Å². The van der Waals surface area contributed by atoms with Gasteiger partial charge < -0.3 is 14.8 Å². The minimum atomic E-state index is -1.10. The summed E-state index contributed by atoms with van der Waals surface area (Å²) in [6, 6.07) is 0. The quantitative estimate of drug-likeness (QED) is 0.569. The fraction of sp³-hybridized carbons (Fsp3) is 0.286. The fourth-order valence-corrected chi connectivity index (χ4v) is 1.02. The van der Waals surface area contributed by atoms with Crippen LogP contribution in [0.1, 0.15) is 6.42 Å². The average molecular weight is 168 g/mol. The van der Waals surface area contributed by atoms with Crippen LogP contribution in [0, 0.1) is 0 Å². The van der Waals surface area contributed by atoms with E-state index in [4.69, 9.17) is 14.8 Å². The summed E-state index contributed by atoms with van der Waals surface area (Å²) in [7, 11) is -1.10. The van der Waals surface area contributed by atoms with Crippen LogP contribution in [0.2, 0.25) is 0 Å². The van der Waals surface area contributed by atoms with E-state index in [-0.39, 0.29) is 6.42 Å². The van der Waals surface area contributed by atoms with E-state index in [1.54, 1.807) is 0 Å². The molecule has 1 aliphatic rings. The molecule has 0 aromatic heterocycles. The maximum Gasteiger partial charge on any atom is 0.491 e. The summed E-state index contributed by atoms with van der Waals surface area (Å²) in [6.07, 6.45) is -0.820. The van der Waals surface area contributed by atoms with Gasteiger partial charge in [-0.05, 0) is 11.0 Å². The first-order chi connectivity index (χ1) is 5.52. The lowest BCUT2D eigenvalue weighted by Crippen LogP contribution is -2.18. The molecule has 1 aliphatic heterocycles. The van der Waals surface area contributed by atoms with Crippen molar-refractivity contribution in [3.63, 3.8) is 0 Å². The topological polar surface area (TPSA) is 66.8 Å². The van der Waals surface area contributed by atoms with E-state index in [1.807, 2.05) is 0 Å². The maximum absolute atomic E-state index is 10.3. The molecular formula is C7H9BO4. The summed E-state index contributed by atoms with van der Waals surface area (Å²) in [5, 5.41) is 17.5. The highest BCUT2D eigenvalue weighted by Gasteiger charge is 2.36. The third-order valence-corrected chi connectivity index (χ3v) is 1.75. The van der Waals surface area contributed by atoms with Gasteiger partial charge in [0.15, 0.2) is 0 Å². The molecule has 0 amide bonds. The molecule has 1 saturated heterocycles. The molecule has 2 N–H and O–H groups in total. The van der Waals surface area contributed by atoms with Crippen LogP contribution in [0.4, 0.5) is 0 Å². The molecule has 1 heterocycles. The predicted molar refractivity (Wildman–Crippen MR) is 43.4 cm³/mol. The Kier molecular flexibility index (Phi) is 2.35. The Bertz CT molecular complexity index is 248. The van der Waals surface area contributed by atoms with Gasteiger partial charge in [-0.1, -0.05) is 13.2 Å². The normalized spacial score (nSPS) is 23.4. The summed E-state index contributed by atoms with van der Waals surface area (Å²) in [5.41, 5.74) is 0.825. The van der Waals surface area contributed by atoms with Gasteiger partial charge in [-0.15, -0.1) is 0 Å². The smallest absolute Gasteiger partial charge is 0.481 e. The third kappa shape index (κ3) is 1.57. The van der Waals surface area contributed by atoms with E-state index in [0.717, 1.165) is 0 Å². The van der Waals surface area contributed by atoms with Crippen molar-refractivity contribution in [2.24, 2.45) is 0 Å². The first-order valence-electron chi connectivity index (χ1n) is 3.45. The van der Waals surface area contributed by atoms with Crippen LogP contribution in [0.25, 0.3) is 0 Å². The van der Waals surface area contributed by atoms with Crippen molar-refractivity contribution in [1.29, 1.82) is 0 Å². The third-order valence-electron chi connectivity index (χ3n) is 1.75. The van der Waals surface area contributed by atoms with Crippen molar-refractivity contribution in [3.8, 4) is 0 Å². The lowest BCUT2D eigenvalue weighted by Gasteiger charge is -2.06. The van der Waals surface area contributed by atoms with Gasteiger partial charge >= 0.3 is 13.1 Å². The van der Waals surface area contributed by atoms with Crippen LogP contribution in [-0.4, -0.2) is 29.3 Å². The molecule has 0 bridgehead atoms. The minimum Gasteiger partial charge on any atom is -0.481 e. The molecule has 1 fully saturated rings. The van der Waals surface area contributed by atoms with Crippen molar-refractivity contribution in [1.82, 2.24) is 0 Å². The monoisotopic (exact) mass is 168 g/mol. The second-order valence-corrected chi connectivity index (χ2v) is 2.63. The fourth-order valence-electron chi connectivity index (χ4n) is 1.02. The van der Waals surface area contributed by atoms with E-state index < -0.39 is 19.2 Å².